The van der Waals surface area contributed by atoms with E-state index in [-0.39, 0.29) is 0 Å². The van der Waals surface area contributed by atoms with E-state index in [1.54, 1.807) is 0 Å². The molecule has 3 heteroatoms. The second kappa shape index (κ2) is 5.17. The fourth-order valence-corrected chi connectivity index (χ4v) is 2.60. The Hall–Kier alpha value is -0.570. The van der Waals surface area contributed by atoms with E-state index in [1.165, 1.54) is 11.1 Å². The summed E-state index contributed by atoms with van der Waals surface area (Å²) >= 11 is 6.27. The van der Waals surface area contributed by atoms with Crippen LogP contribution in [-0.4, -0.2) is 24.0 Å². The molecule has 0 saturated carbocycles. The van der Waals surface area contributed by atoms with E-state index < -0.39 is 0 Å². The predicted molar refractivity (Wildman–Crippen MR) is 68.7 cm³/mol. The van der Waals surface area contributed by atoms with E-state index in [0.717, 1.165) is 37.5 Å². The molecule has 0 aliphatic carbocycles. The van der Waals surface area contributed by atoms with Gasteiger partial charge in [0.25, 0.3) is 0 Å². The maximum absolute atomic E-state index is 6.27. The van der Waals surface area contributed by atoms with Gasteiger partial charge in [0, 0.05) is 30.7 Å². The minimum Gasteiger partial charge on any atom is -0.326 e. The van der Waals surface area contributed by atoms with Crippen molar-refractivity contribution in [3.05, 3.63) is 34.3 Å². The molecule has 88 valence electrons. The van der Waals surface area contributed by atoms with Gasteiger partial charge in [0.2, 0.25) is 0 Å². The molecular weight excluding hydrogens is 220 g/mol. The van der Waals surface area contributed by atoms with Gasteiger partial charge in [-0.3, -0.25) is 4.90 Å². The van der Waals surface area contributed by atoms with Gasteiger partial charge in [-0.05, 0) is 30.0 Å². The second-order valence-electron chi connectivity index (χ2n) is 4.51. The molecule has 0 radical (unpaired) electrons. The second-order valence-corrected chi connectivity index (χ2v) is 4.92. The first-order chi connectivity index (χ1) is 7.70. The molecule has 1 aliphatic heterocycles. The highest BCUT2D eigenvalue weighted by atomic mass is 35.5. The third-order valence-electron chi connectivity index (χ3n) is 3.29. The molecule has 0 unspecified atom stereocenters. The monoisotopic (exact) mass is 238 g/mol. The number of nitrogens with zero attached hydrogens (tertiary/aromatic N) is 1. The lowest BCUT2D eigenvalue weighted by molar-refractivity contribution is 0.326. The van der Waals surface area contributed by atoms with Crippen LogP contribution in [0.25, 0.3) is 0 Å². The summed E-state index contributed by atoms with van der Waals surface area (Å²) in [6, 6.07) is 6.51. The lowest BCUT2D eigenvalue weighted by Gasteiger charge is -2.18. The molecule has 0 bridgehead atoms. The minimum absolute atomic E-state index is 0.340. The summed E-state index contributed by atoms with van der Waals surface area (Å²) in [7, 11) is 0. The molecule has 1 fully saturated rings. The van der Waals surface area contributed by atoms with Crippen molar-refractivity contribution >= 4 is 11.6 Å². The molecule has 1 aromatic rings. The van der Waals surface area contributed by atoms with Crippen molar-refractivity contribution in [2.24, 2.45) is 5.73 Å². The Labute approximate surface area is 102 Å². The number of nitrogens with two attached hydrogens (primary N) is 1. The maximum atomic E-state index is 6.27. The summed E-state index contributed by atoms with van der Waals surface area (Å²) in [6.07, 6.45) is 2.14. The Morgan fingerprint density at radius 3 is 2.94 bits per heavy atom. The largest absolute Gasteiger partial charge is 0.326 e. The van der Waals surface area contributed by atoms with Crippen LogP contribution in [0.4, 0.5) is 0 Å². The van der Waals surface area contributed by atoms with Crippen molar-refractivity contribution in [1.82, 2.24) is 4.90 Å². The molecule has 1 saturated heterocycles. The Bertz CT molecular complexity index is 365. The Morgan fingerprint density at radius 2 is 2.31 bits per heavy atom. The van der Waals surface area contributed by atoms with E-state index >= 15 is 0 Å². The van der Waals surface area contributed by atoms with E-state index in [0.29, 0.717) is 6.04 Å². The smallest absolute Gasteiger partial charge is 0.0453 e. The maximum Gasteiger partial charge on any atom is 0.0453 e. The quantitative estimate of drug-likeness (QED) is 0.877. The van der Waals surface area contributed by atoms with Gasteiger partial charge in [-0.1, -0.05) is 30.7 Å². The number of likely N-dealkylation sites (tertiary alicyclic amines) is 1. The fourth-order valence-electron chi connectivity index (χ4n) is 2.34. The van der Waals surface area contributed by atoms with Crippen LogP contribution in [0.3, 0.4) is 0 Å². The third-order valence-corrected chi connectivity index (χ3v) is 3.64. The van der Waals surface area contributed by atoms with E-state index in [9.17, 15) is 0 Å². The zero-order valence-electron chi connectivity index (χ0n) is 9.75. The SMILES string of the molecule is CCc1cccc(Cl)c1CN1CC[C@@H](N)C1. The topological polar surface area (TPSA) is 29.3 Å². The zero-order chi connectivity index (χ0) is 11.5. The normalized spacial score (nSPS) is 21.6. The van der Waals surface area contributed by atoms with Crippen molar-refractivity contribution in [3.8, 4) is 0 Å². The van der Waals surface area contributed by atoms with Crippen molar-refractivity contribution in [3.63, 3.8) is 0 Å². The molecule has 16 heavy (non-hydrogen) atoms. The Morgan fingerprint density at radius 1 is 1.50 bits per heavy atom. The molecule has 1 heterocycles. The molecule has 2 rings (SSSR count). The number of rotatable bonds is 3. The third kappa shape index (κ3) is 2.57. The highest BCUT2D eigenvalue weighted by Crippen LogP contribution is 2.23. The van der Waals surface area contributed by atoms with Crippen LogP contribution in [0, 0.1) is 0 Å². The molecule has 1 aromatic carbocycles. The minimum atomic E-state index is 0.340. The van der Waals surface area contributed by atoms with E-state index in [1.807, 2.05) is 12.1 Å². The summed E-state index contributed by atoms with van der Waals surface area (Å²) in [5.41, 5.74) is 8.55. The molecule has 0 aromatic heterocycles. The van der Waals surface area contributed by atoms with Gasteiger partial charge >= 0.3 is 0 Å². The highest BCUT2D eigenvalue weighted by Gasteiger charge is 2.20. The first-order valence-corrected chi connectivity index (χ1v) is 6.32. The zero-order valence-corrected chi connectivity index (χ0v) is 10.5. The van der Waals surface area contributed by atoms with Crippen LogP contribution in [0.2, 0.25) is 5.02 Å². The molecule has 0 amide bonds. The number of hydrogen-bond acceptors (Lipinski definition) is 2. The van der Waals surface area contributed by atoms with Gasteiger partial charge in [0.15, 0.2) is 0 Å². The van der Waals surface area contributed by atoms with Gasteiger partial charge in [-0.2, -0.15) is 0 Å². The lowest BCUT2D eigenvalue weighted by atomic mass is 10.0. The predicted octanol–water partition coefficient (Wildman–Crippen LogP) is 2.44. The first kappa shape index (κ1) is 11.9. The van der Waals surface area contributed by atoms with Crippen molar-refractivity contribution in [2.75, 3.05) is 13.1 Å². The molecule has 0 spiro atoms. The van der Waals surface area contributed by atoms with Crippen molar-refractivity contribution in [2.45, 2.75) is 32.4 Å². The first-order valence-electron chi connectivity index (χ1n) is 5.95. The van der Waals surface area contributed by atoms with Crippen LogP contribution in [0.5, 0.6) is 0 Å². The summed E-state index contributed by atoms with van der Waals surface area (Å²) in [6.45, 7) is 5.20. The number of halogens is 1. The van der Waals surface area contributed by atoms with Crippen LogP contribution >= 0.6 is 11.6 Å². The summed E-state index contributed by atoms with van der Waals surface area (Å²) in [4.78, 5) is 2.39. The van der Waals surface area contributed by atoms with Crippen LogP contribution in [0.1, 0.15) is 24.5 Å². The summed E-state index contributed by atoms with van der Waals surface area (Å²) in [5, 5.41) is 0.889. The highest BCUT2D eigenvalue weighted by molar-refractivity contribution is 6.31. The Kier molecular flexibility index (Phi) is 3.85. The van der Waals surface area contributed by atoms with E-state index in [4.69, 9.17) is 17.3 Å². The van der Waals surface area contributed by atoms with Gasteiger partial charge in [0.05, 0.1) is 0 Å². The van der Waals surface area contributed by atoms with Crippen molar-refractivity contribution in [1.29, 1.82) is 0 Å². The fraction of sp³-hybridized carbons (Fsp3) is 0.538. The van der Waals surface area contributed by atoms with E-state index in [2.05, 4.69) is 17.9 Å². The van der Waals surface area contributed by atoms with Gasteiger partial charge in [0.1, 0.15) is 0 Å². The summed E-state index contributed by atoms with van der Waals surface area (Å²) in [5.74, 6) is 0. The number of aryl methyl sites for hydroxylation is 1. The Balaban J connectivity index is 2.14. The standard InChI is InChI=1S/C13H19ClN2/c1-2-10-4-3-5-13(14)12(10)9-16-7-6-11(15)8-16/h3-5,11H,2,6-9,15H2,1H3/t11-/m1/s1. The lowest BCUT2D eigenvalue weighted by Crippen LogP contribution is -2.26. The average molecular weight is 239 g/mol. The van der Waals surface area contributed by atoms with Crippen LogP contribution in [-0.2, 0) is 13.0 Å². The number of benzene rings is 1. The molecule has 2 nitrogen and oxygen atoms in total. The molecule has 1 aliphatic rings. The summed E-state index contributed by atoms with van der Waals surface area (Å²) < 4.78 is 0. The van der Waals surface area contributed by atoms with Crippen LogP contribution in [0.15, 0.2) is 18.2 Å². The van der Waals surface area contributed by atoms with Gasteiger partial charge < -0.3 is 5.73 Å². The van der Waals surface area contributed by atoms with Gasteiger partial charge in [-0.15, -0.1) is 0 Å². The average Bonchev–Trinajstić information content (AvgIpc) is 2.67. The van der Waals surface area contributed by atoms with Crippen LogP contribution < -0.4 is 5.73 Å². The van der Waals surface area contributed by atoms with Crippen molar-refractivity contribution < 1.29 is 0 Å². The van der Waals surface area contributed by atoms with Gasteiger partial charge in [-0.25, -0.2) is 0 Å². The molecule has 2 N–H and O–H groups in total. The molecular formula is C13H19ClN2. The number of hydrogen-bond donors (Lipinski definition) is 1. The molecule has 1 atom stereocenters.